The Kier molecular flexibility index (Phi) is 7.70. The lowest BCUT2D eigenvalue weighted by molar-refractivity contribution is -0.238. The zero-order valence-electron chi connectivity index (χ0n) is 28.3. The first-order chi connectivity index (χ1) is 21.0. The molecule has 1 aromatic rings. The number of benzene rings is 1. The fourth-order valence-corrected chi connectivity index (χ4v) is 12.1. The highest BCUT2D eigenvalue weighted by Gasteiger charge is 2.70. The molecular weight excluding hydrogens is 564 g/mol. The molecule has 246 valence electrons. The number of phenols is 1. The minimum Gasteiger partial charge on any atom is -0.508 e. The van der Waals surface area contributed by atoms with Crippen molar-refractivity contribution in [2.24, 2.45) is 56.7 Å². The minimum absolute atomic E-state index is 0.0143. The highest BCUT2D eigenvalue weighted by Crippen LogP contribution is 2.75. The van der Waals surface area contributed by atoms with E-state index in [-0.39, 0.29) is 33.8 Å². The molecule has 0 radical (unpaired) electrons. The molecule has 0 spiro atoms. The fourth-order valence-electron chi connectivity index (χ4n) is 12.1. The quantitative estimate of drug-likeness (QED) is 0.179. The third kappa shape index (κ3) is 4.58. The lowest BCUT2D eigenvalue weighted by Crippen LogP contribution is -2.67. The molecule has 0 amide bonds. The van der Waals surface area contributed by atoms with E-state index in [0.717, 1.165) is 50.5 Å². The second-order valence-corrected chi connectivity index (χ2v) is 17.0. The van der Waals surface area contributed by atoms with Crippen LogP contribution in [0, 0.1) is 56.7 Å². The molecule has 11 atom stereocenters. The number of aliphatic hydroxyl groups is 1. The summed E-state index contributed by atoms with van der Waals surface area (Å²) in [6.07, 6.45) is 11.1. The van der Waals surface area contributed by atoms with Crippen LogP contribution in [-0.2, 0) is 14.3 Å². The highest BCUT2D eigenvalue weighted by molar-refractivity contribution is 5.87. The Morgan fingerprint density at radius 1 is 0.933 bits per heavy atom. The van der Waals surface area contributed by atoms with Gasteiger partial charge < -0.3 is 20.1 Å². The maximum Gasteiger partial charge on any atom is 0.331 e. The zero-order valence-corrected chi connectivity index (χ0v) is 28.3. The van der Waals surface area contributed by atoms with E-state index in [1.807, 2.05) is 0 Å². The molecule has 0 bridgehead atoms. The predicted octanol–water partition coefficient (Wildman–Crippen LogP) is 8.03. The van der Waals surface area contributed by atoms with Crippen LogP contribution < -0.4 is 0 Å². The number of ether oxygens (including phenoxy) is 1. The van der Waals surface area contributed by atoms with E-state index in [4.69, 9.17) is 4.74 Å². The first-order valence-electron chi connectivity index (χ1n) is 17.3. The molecule has 6 heteroatoms. The van der Waals surface area contributed by atoms with Crippen molar-refractivity contribution in [3.05, 3.63) is 47.6 Å². The summed E-state index contributed by atoms with van der Waals surface area (Å²) in [4.78, 5) is 26.0. The molecule has 0 unspecified atom stereocenters. The molecule has 5 aliphatic rings. The minimum atomic E-state index is -0.780. The average Bonchev–Trinajstić information content (AvgIpc) is 2.97. The molecule has 45 heavy (non-hydrogen) atoms. The van der Waals surface area contributed by atoms with Gasteiger partial charge in [0, 0.05) is 11.5 Å². The number of hydrogen-bond donors (Lipinski definition) is 3. The van der Waals surface area contributed by atoms with E-state index in [2.05, 4.69) is 54.5 Å². The Morgan fingerprint density at radius 2 is 1.62 bits per heavy atom. The van der Waals surface area contributed by atoms with Gasteiger partial charge in [0.05, 0.1) is 11.5 Å². The van der Waals surface area contributed by atoms with Crippen molar-refractivity contribution in [2.75, 3.05) is 0 Å². The summed E-state index contributed by atoms with van der Waals surface area (Å²) in [5.74, 6) is 0.617. The van der Waals surface area contributed by atoms with Crippen LogP contribution >= 0.6 is 0 Å². The van der Waals surface area contributed by atoms with Crippen molar-refractivity contribution in [2.45, 2.75) is 112 Å². The maximum atomic E-state index is 13.0. The van der Waals surface area contributed by atoms with Gasteiger partial charge in [0.25, 0.3) is 0 Å². The third-order valence-corrected chi connectivity index (χ3v) is 14.9. The number of aromatic hydroxyl groups is 1. The standard InChI is InChI=1S/C39H54O6/c1-23-16-19-39(34(43)44)21-20-37(6)27(32(39)24(23)2)13-14-30-36(5)22-28(41)33(35(3,4)29(36)17-18-38(30,37)7)45-31(42)15-10-25-8-11-26(40)12-9-25/h8-13,15,23-24,28-30,32-33,40-41H,14,16-22H2,1-7H3,(H,43,44)/b15-10-/t23-,24+,28-,29-,30-,32+,33+,36+,37-,38-,39+/m1/s1. The van der Waals surface area contributed by atoms with Crippen LogP contribution in [0.1, 0.15) is 105 Å². The van der Waals surface area contributed by atoms with E-state index in [1.165, 1.54) is 11.6 Å². The summed E-state index contributed by atoms with van der Waals surface area (Å²) < 4.78 is 6.05. The number of carboxylic acids is 1. The first-order valence-corrected chi connectivity index (χ1v) is 17.3. The van der Waals surface area contributed by atoms with Gasteiger partial charge in [-0.15, -0.1) is 0 Å². The number of carboxylic acid groups (broad SMARTS) is 1. The summed E-state index contributed by atoms with van der Waals surface area (Å²) >= 11 is 0. The number of fused-ring (bicyclic) bond motifs is 7. The lowest BCUT2D eigenvalue weighted by Gasteiger charge is -2.71. The SMILES string of the molecule is C[C@H]1[C@H](C)CC[C@]2(C(=O)O)CC[C@]3(C)C(=CC[C@@H]4[C@@]5(C)C[C@@H](O)[C@H](OC(=O)/C=C\c6ccc(O)cc6)C(C)(C)[C@H]5CC[C@]43C)[C@H]12. The monoisotopic (exact) mass is 618 g/mol. The summed E-state index contributed by atoms with van der Waals surface area (Å²) in [6, 6.07) is 6.62. The Labute approximate surface area is 269 Å². The molecule has 5 aliphatic carbocycles. The van der Waals surface area contributed by atoms with Crippen molar-refractivity contribution in [1.29, 1.82) is 0 Å². The number of aliphatic carboxylic acids is 1. The van der Waals surface area contributed by atoms with Crippen molar-refractivity contribution >= 4 is 18.0 Å². The second kappa shape index (κ2) is 10.7. The van der Waals surface area contributed by atoms with Crippen LogP contribution in [0.3, 0.4) is 0 Å². The Balaban J connectivity index is 1.29. The molecule has 6 nitrogen and oxygen atoms in total. The molecule has 0 saturated heterocycles. The van der Waals surface area contributed by atoms with Crippen LogP contribution in [0.15, 0.2) is 42.0 Å². The van der Waals surface area contributed by atoms with Gasteiger partial charge in [0.1, 0.15) is 11.9 Å². The van der Waals surface area contributed by atoms with E-state index >= 15 is 0 Å². The number of allylic oxidation sites excluding steroid dienone is 2. The molecule has 4 fully saturated rings. The fraction of sp³-hybridized carbons (Fsp3) is 0.692. The topological polar surface area (TPSA) is 104 Å². The largest absolute Gasteiger partial charge is 0.508 e. The lowest BCUT2D eigenvalue weighted by atomic mass is 9.33. The first kappa shape index (κ1) is 32.3. The van der Waals surface area contributed by atoms with Crippen LogP contribution in [0.25, 0.3) is 6.08 Å². The van der Waals surface area contributed by atoms with Crippen molar-refractivity contribution in [3.8, 4) is 5.75 Å². The van der Waals surface area contributed by atoms with E-state index in [0.29, 0.717) is 24.2 Å². The van der Waals surface area contributed by atoms with Crippen LogP contribution in [-0.4, -0.2) is 39.5 Å². The molecule has 4 saturated carbocycles. The molecule has 0 aromatic heterocycles. The van der Waals surface area contributed by atoms with Gasteiger partial charge in [-0.3, -0.25) is 4.79 Å². The van der Waals surface area contributed by atoms with Crippen molar-refractivity contribution in [3.63, 3.8) is 0 Å². The number of carbonyl (C=O) groups is 2. The van der Waals surface area contributed by atoms with Gasteiger partial charge in [-0.25, -0.2) is 4.79 Å². The number of rotatable bonds is 4. The average molecular weight is 619 g/mol. The predicted molar refractivity (Wildman–Crippen MR) is 175 cm³/mol. The molecular formula is C39H54O6. The van der Waals surface area contributed by atoms with E-state index < -0.39 is 35.0 Å². The van der Waals surface area contributed by atoms with Crippen molar-refractivity contribution < 1.29 is 29.6 Å². The Morgan fingerprint density at radius 3 is 2.29 bits per heavy atom. The smallest absolute Gasteiger partial charge is 0.331 e. The number of hydrogen-bond acceptors (Lipinski definition) is 5. The number of carbonyl (C=O) groups excluding carboxylic acids is 1. The van der Waals surface area contributed by atoms with Gasteiger partial charge in [0.2, 0.25) is 0 Å². The van der Waals surface area contributed by atoms with Gasteiger partial charge in [-0.1, -0.05) is 72.2 Å². The van der Waals surface area contributed by atoms with Gasteiger partial charge in [-0.2, -0.15) is 0 Å². The second-order valence-electron chi connectivity index (χ2n) is 17.0. The molecule has 0 heterocycles. The Bertz CT molecular complexity index is 1410. The number of aliphatic hydroxyl groups excluding tert-OH is 1. The van der Waals surface area contributed by atoms with E-state index in [9.17, 15) is 24.9 Å². The summed E-state index contributed by atoms with van der Waals surface area (Å²) in [7, 11) is 0. The van der Waals surface area contributed by atoms with Gasteiger partial charge in [-0.05, 0) is 121 Å². The van der Waals surface area contributed by atoms with Gasteiger partial charge >= 0.3 is 11.9 Å². The summed E-state index contributed by atoms with van der Waals surface area (Å²) in [6.45, 7) is 16.2. The summed E-state index contributed by atoms with van der Waals surface area (Å²) in [5.41, 5.74) is 0.857. The molecule has 3 N–H and O–H groups in total. The Hall–Kier alpha value is -2.60. The van der Waals surface area contributed by atoms with Crippen LogP contribution in [0.4, 0.5) is 0 Å². The molecule has 6 rings (SSSR count). The normalized spacial score (nSPS) is 45.3. The van der Waals surface area contributed by atoms with E-state index in [1.54, 1.807) is 30.3 Å². The summed E-state index contributed by atoms with van der Waals surface area (Å²) in [5, 5.41) is 32.0. The molecule has 1 aromatic carbocycles. The van der Waals surface area contributed by atoms with Crippen LogP contribution in [0.5, 0.6) is 5.75 Å². The van der Waals surface area contributed by atoms with Crippen LogP contribution in [0.2, 0.25) is 0 Å². The maximum absolute atomic E-state index is 13.0. The molecule has 0 aliphatic heterocycles. The number of esters is 1. The third-order valence-electron chi connectivity index (χ3n) is 14.9. The van der Waals surface area contributed by atoms with Crippen molar-refractivity contribution in [1.82, 2.24) is 0 Å². The highest BCUT2D eigenvalue weighted by atomic mass is 16.6. The zero-order chi connectivity index (χ0) is 32.7. The number of phenolic OH excluding ortho intramolecular Hbond substituents is 1. The van der Waals surface area contributed by atoms with Gasteiger partial charge in [0.15, 0.2) is 0 Å².